The van der Waals surface area contributed by atoms with Crippen LogP contribution in [-0.4, -0.2) is 31.3 Å². The van der Waals surface area contributed by atoms with Crippen LogP contribution in [0.2, 0.25) is 10.0 Å². The lowest BCUT2D eigenvalue weighted by Crippen LogP contribution is -2.24. The first-order valence-electron chi connectivity index (χ1n) is 10.4. The van der Waals surface area contributed by atoms with Crippen LogP contribution in [0.25, 0.3) is 0 Å². The second kappa shape index (κ2) is 12.0. The van der Waals surface area contributed by atoms with E-state index in [9.17, 15) is 9.59 Å². The van der Waals surface area contributed by atoms with Gasteiger partial charge in [0, 0.05) is 27.2 Å². The number of benzene rings is 3. The minimum absolute atomic E-state index is 0.194. The molecule has 0 bridgehead atoms. The minimum atomic E-state index is -0.385. The molecule has 3 rings (SSSR count). The van der Waals surface area contributed by atoms with Crippen molar-refractivity contribution in [3.63, 3.8) is 0 Å². The van der Waals surface area contributed by atoms with Crippen molar-refractivity contribution >= 4 is 58.2 Å². The smallest absolute Gasteiger partial charge is 0.255 e. The van der Waals surface area contributed by atoms with Gasteiger partial charge in [-0.1, -0.05) is 42.3 Å². The van der Waals surface area contributed by atoms with E-state index in [0.29, 0.717) is 44.9 Å². The van der Waals surface area contributed by atoms with Crippen LogP contribution < -0.4 is 20.1 Å². The van der Waals surface area contributed by atoms with Gasteiger partial charge in [0.1, 0.15) is 11.5 Å². The van der Waals surface area contributed by atoms with E-state index in [1.54, 1.807) is 42.5 Å². The van der Waals surface area contributed by atoms with E-state index in [1.807, 2.05) is 25.1 Å². The van der Waals surface area contributed by atoms with Crippen LogP contribution in [0.4, 0.5) is 11.4 Å². The van der Waals surface area contributed by atoms with Crippen molar-refractivity contribution in [3.05, 3.63) is 76.3 Å². The van der Waals surface area contributed by atoms with Gasteiger partial charge in [-0.3, -0.25) is 9.59 Å². The number of methoxy groups -OCH3 is 2. The maximum atomic E-state index is 13.0. The Balaban J connectivity index is 1.71. The molecular weight excluding hydrogens is 495 g/mol. The van der Waals surface area contributed by atoms with E-state index < -0.39 is 0 Å². The fourth-order valence-electron chi connectivity index (χ4n) is 3.14. The number of hydrogen-bond donors (Lipinski definition) is 2. The zero-order valence-corrected chi connectivity index (χ0v) is 21.2. The average molecular weight is 519 g/mol. The standard InChI is InChI=1S/C25H24Cl2N2O4S/c1-4-23(25(31)29-20-13-19(27)21(32-2)14-22(20)33-3)34-18-10-6-9-17(12-18)28-24(30)15-7-5-8-16(26)11-15/h5-14,23H,4H2,1-3H3,(H,28,30)(H,29,31). The van der Waals surface area contributed by atoms with Crippen molar-refractivity contribution in [1.82, 2.24) is 0 Å². The maximum Gasteiger partial charge on any atom is 0.255 e. The van der Waals surface area contributed by atoms with Gasteiger partial charge in [0.2, 0.25) is 5.91 Å². The summed E-state index contributed by atoms with van der Waals surface area (Å²) in [6.45, 7) is 1.93. The third-order valence-corrected chi connectivity index (χ3v) is 6.74. The molecule has 0 radical (unpaired) electrons. The molecule has 2 amide bonds. The first kappa shape index (κ1) is 25.7. The second-order valence-corrected chi connectivity index (χ2v) is 9.30. The Hall–Kier alpha value is -2.87. The van der Waals surface area contributed by atoms with E-state index in [4.69, 9.17) is 32.7 Å². The van der Waals surface area contributed by atoms with Gasteiger partial charge in [-0.2, -0.15) is 0 Å². The molecule has 0 saturated heterocycles. The summed E-state index contributed by atoms with van der Waals surface area (Å²) in [5.74, 6) is 0.438. The number of hydrogen-bond acceptors (Lipinski definition) is 5. The Kier molecular flexibility index (Phi) is 9.10. The second-order valence-electron chi connectivity index (χ2n) is 7.18. The molecule has 0 fully saturated rings. The van der Waals surface area contributed by atoms with Crippen LogP contribution in [0, 0.1) is 0 Å². The van der Waals surface area contributed by atoms with Crippen LogP contribution >= 0.6 is 35.0 Å². The highest BCUT2D eigenvalue weighted by molar-refractivity contribution is 8.00. The molecule has 9 heteroatoms. The third-order valence-electron chi connectivity index (χ3n) is 4.85. The zero-order chi connectivity index (χ0) is 24.7. The molecule has 0 spiro atoms. The topological polar surface area (TPSA) is 76.7 Å². The summed E-state index contributed by atoms with van der Waals surface area (Å²) in [7, 11) is 3.02. The molecule has 0 heterocycles. The molecule has 3 aromatic rings. The van der Waals surface area contributed by atoms with Crippen molar-refractivity contribution < 1.29 is 19.1 Å². The summed E-state index contributed by atoms with van der Waals surface area (Å²) in [6.07, 6.45) is 0.585. The summed E-state index contributed by atoms with van der Waals surface area (Å²) in [5, 5.41) is 6.22. The highest BCUT2D eigenvalue weighted by Crippen LogP contribution is 2.37. The van der Waals surface area contributed by atoms with E-state index in [-0.39, 0.29) is 17.1 Å². The Morgan fingerprint density at radius 3 is 2.35 bits per heavy atom. The molecule has 0 aliphatic heterocycles. The van der Waals surface area contributed by atoms with Crippen LogP contribution in [0.5, 0.6) is 11.5 Å². The number of carbonyl (C=O) groups excluding carboxylic acids is 2. The number of rotatable bonds is 9. The molecule has 6 nitrogen and oxygen atoms in total. The number of amides is 2. The summed E-state index contributed by atoms with van der Waals surface area (Å²) < 4.78 is 10.6. The lowest BCUT2D eigenvalue weighted by molar-refractivity contribution is -0.115. The fourth-order valence-corrected chi connectivity index (χ4v) is 4.58. The molecule has 34 heavy (non-hydrogen) atoms. The number of halogens is 2. The van der Waals surface area contributed by atoms with Crippen molar-refractivity contribution in [3.8, 4) is 11.5 Å². The van der Waals surface area contributed by atoms with Crippen LogP contribution in [0.15, 0.2) is 65.6 Å². The van der Waals surface area contributed by atoms with E-state index in [0.717, 1.165) is 4.90 Å². The van der Waals surface area contributed by atoms with Gasteiger partial charge in [-0.25, -0.2) is 0 Å². The normalized spacial score (nSPS) is 11.4. The Morgan fingerprint density at radius 2 is 1.68 bits per heavy atom. The quantitative estimate of drug-likeness (QED) is 0.305. The van der Waals surface area contributed by atoms with Gasteiger partial charge in [-0.15, -0.1) is 11.8 Å². The van der Waals surface area contributed by atoms with Crippen molar-refractivity contribution in [1.29, 1.82) is 0 Å². The van der Waals surface area contributed by atoms with Gasteiger partial charge in [0.05, 0.1) is 30.2 Å². The van der Waals surface area contributed by atoms with Crippen molar-refractivity contribution in [2.24, 2.45) is 0 Å². The molecule has 0 aliphatic carbocycles. The molecule has 0 saturated carbocycles. The number of carbonyl (C=O) groups is 2. The summed E-state index contributed by atoms with van der Waals surface area (Å²) >= 11 is 13.6. The Bertz CT molecular complexity index is 1190. The van der Waals surface area contributed by atoms with Gasteiger partial charge in [0.25, 0.3) is 5.91 Å². The Morgan fingerprint density at radius 1 is 0.941 bits per heavy atom. The lowest BCUT2D eigenvalue weighted by atomic mass is 10.2. The predicted molar refractivity (Wildman–Crippen MR) is 139 cm³/mol. The average Bonchev–Trinajstić information content (AvgIpc) is 2.83. The van der Waals surface area contributed by atoms with Crippen LogP contribution in [-0.2, 0) is 4.79 Å². The molecule has 1 unspecified atom stereocenters. The predicted octanol–water partition coefficient (Wildman–Crippen LogP) is 6.77. The number of anilines is 2. The highest BCUT2D eigenvalue weighted by atomic mass is 35.5. The first-order chi connectivity index (χ1) is 16.3. The Labute approximate surface area is 212 Å². The van der Waals surface area contributed by atoms with E-state index in [2.05, 4.69) is 10.6 Å². The van der Waals surface area contributed by atoms with Gasteiger partial charge >= 0.3 is 0 Å². The van der Waals surface area contributed by atoms with Gasteiger partial charge < -0.3 is 20.1 Å². The largest absolute Gasteiger partial charge is 0.495 e. The molecule has 2 N–H and O–H groups in total. The lowest BCUT2D eigenvalue weighted by Gasteiger charge is -2.18. The summed E-state index contributed by atoms with van der Waals surface area (Å²) in [5.41, 5.74) is 1.54. The third kappa shape index (κ3) is 6.59. The number of nitrogens with one attached hydrogen (secondary N) is 2. The van der Waals surface area contributed by atoms with E-state index >= 15 is 0 Å². The maximum absolute atomic E-state index is 13.0. The fraction of sp³-hybridized carbons (Fsp3) is 0.200. The molecule has 0 aromatic heterocycles. The minimum Gasteiger partial charge on any atom is -0.495 e. The van der Waals surface area contributed by atoms with Crippen molar-refractivity contribution in [2.45, 2.75) is 23.5 Å². The number of thioether (sulfide) groups is 1. The van der Waals surface area contributed by atoms with Gasteiger partial charge in [0.15, 0.2) is 0 Å². The first-order valence-corrected chi connectivity index (χ1v) is 12.0. The van der Waals surface area contributed by atoms with Crippen LogP contribution in [0.3, 0.4) is 0 Å². The molecule has 0 aliphatic rings. The summed E-state index contributed by atoms with van der Waals surface area (Å²) in [6, 6.07) is 17.3. The summed E-state index contributed by atoms with van der Waals surface area (Å²) in [4.78, 5) is 26.4. The molecule has 1 atom stereocenters. The SMILES string of the molecule is CCC(Sc1cccc(NC(=O)c2cccc(Cl)c2)c1)C(=O)Nc1cc(Cl)c(OC)cc1OC. The van der Waals surface area contributed by atoms with E-state index in [1.165, 1.54) is 26.0 Å². The monoisotopic (exact) mass is 518 g/mol. The number of ether oxygens (including phenoxy) is 2. The van der Waals surface area contributed by atoms with Crippen LogP contribution in [0.1, 0.15) is 23.7 Å². The molecule has 178 valence electrons. The van der Waals surface area contributed by atoms with Gasteiger partial charge in [-0.05, 0) is 48.9 Å². The molecule has 3 aromatic carbocycles. The highest BCUT2D eigenvalue weighted by Gasteiger charge is 2.21. The molecular formula is C25H24Cl2N2O4S. The zero-order valence-electron chi connectivity index (χ0n) is 18.9. The van der Waals surface area contributed by atoms with Crippen molar-refractivity contribution in [2.75, 3.05) is 24.9 Å².